The standard InChI is InChI=1S/C28H25N3O3S/c1-19-6-5-9-22(14-19)30-27(33)18-35-28-25(16-29)24(15-26(32)31-28)21-10-12-23(13-11-21)34-17-20-7-3-2-4-8-20/h2-14,24H,15,17-18H2,1H3,(H,30,33)(H,31,32)/t24-/m1/s1. The van der Waals surface area contributed by atoms with Gasteiger partial charge in [0.25, 0.3) is 0 Å². The van der Waals surface area contributed by atoms with E-state index < -0.39 is 0 Å². The Kier molecular flexibility index (Phi) is 7.86. The van der Waals surface area contributed by atoms with Crippen LogP contribution in [0.4, 0.5) is 5.69 Å². The minimum atomic E-state index is -0.376. The van der Waals surface area contributed by atoms with E-state index in [2.05, 4.69) is 16.7 Å². The normalized spacial score (nSPS) is 15.2. The lowest BCUT2D eigenvalue weighted by molar-refractivity contribution is -0.121. The van der Waals surface area contributed by atoms with Crippen LogP contribution < -0.4 is 15.4 Å². The van der Waals surface area contributed by atoms with Crippen LogP contribution in [0.2, 0.25) is 0 Å². The molecule has 3 aromatic carbocycles. The number of carbonyl (C=O) groups is 2. The molecule has 3 aromatic rings. The monoisotopic (exact) mass is 483 g/mol. The first-order valence-corrected chi connectivity index (χ1v) is 12.2. The third-order valence-electron chi connectivity index (χ3n) is 5.54. The van der Waals surface area contributed by atoms with Crippen LogP contribution in [0.15, 0.2) is 89.5 Å². The van der Waals surface area contributed by atoms with Crippen LogP contribution in [0.25, 0.3) is 0 Å². The molecule has 7 heteroatoms. The molecule has 0 radical (unpaired) electrons. The fourth-order valence-electron chi connectivity index (χ4n) is 3.81. The molecule has 0 spiro atoms. The van der Waals surface area contributed by atoms with Gasteiger partial charge < -0.3 is 15.4 Å². The van der Waals surface area contributed by atoms with Crippen molar-refractivity contribution < 1.29 is 14.3 Å². The molecule has 1 atom stereocenters. The first kappa shape index (κ1) is 24.1. The van der Waals surface area contributed by atoms with Crippen molar-refractivity contribution in [3.8, 4) is 11.8 Å². The number of thioether (sulfide) groups is 1. The second-order valence-electron chi connectivity index (χ2n) is 8.21. The molecule has 1 heterocycles. The second kappa shape index (κ2) is 11.4. The predicted molar refractivity (Wildman–Crippen MR) is 138 cm³/mol. The quantitative estimate of drug-likeness (QED) is 0.455. The Morgan fingerprint density at radius 2 is 1.89 bits per heavy atom. The molecular formula is C28H25N3O3S. The number of carbonyl (C=O) groups excluding carboxylic acids is 2. The van der Waals surface area contributed by atoms with Gasteiger partial charge in [0.2, 0.25) is 11.8 Å². The number of nitriles is 1. The number of hydrogen-bond donors (Lipinski definition) is 2. The lowest BCUT2D eigenvalue weighted by Gasteiger charge is -2.25. The number of allylic oxidation sites excluding steroid dienone is 1. The molecule has 1 aliphatic heterocycles. The Labute approximate surface area is 209 Å². The highest BCUT2D eigenvalue weighted by molar-refractivity contribution is 8.03. The topological polar surface area (TPSA) is 91.2 Å². The van der Waals surface area contributed by atoms with Crippen molar-refractivity contribution in [2.75, 3.05) is 11.1 Å². The predicted octanol–water partition coefficient (Wildman–Crippen LogP) is 5.28. The molecule has 35 heavy (non-hydrogen) atoms. The Balaban J connectivity index is 1.43. The maximum atomic E-state index is 12.4. The van der Waals surface area contributed by atoms with Crippen molar-refractivity contribution in [1.82, 2.24) is 5.32 Å². The van der Waals surface area contributed by atoms with Gasteiger partial charge in [-0.05, 0) is 47.9 Å². The molecule has 0 fully saturated rings. The average Bonchev–Trinajstić information content (AvgIpc) is 2.87. The van der Waals surface area contributed by atoms with E-state index in [4.69, 9.17) is 4.74 Å². The number of nitrogens with one attached hydrogen (secondary N) is 2. The summed E-state index contributed by atoms with van der Waals surface area (Å²) in [6.45, 7) is 2.41. The summed E-state index contributed by atoms with van der Waals surface area (Å²) in [6, 6.07) is 27.1. The first-order chi connectivity index (χ1) is 17.0. The molecule has 0 aliphatic carbocycles. The molecule has 176 valence electrons. The number of ether oxygens (including phenoxy) is 1. The minimum Gasteiger partial charge on any atom is -0.489 e. The number of aryl methyl sites for hydroxylation is 1. The van der Waals surface area contributed by atoms with Crippen LogP contribution in [-0.4, -0.2) is 17.6 Å². The number of rotatable bonds is 8. The fourth-order valence-corrected chi connectivity index (χ4v) is 4.69. The fraction of sp³-hybridized carbons (Fsp3) is 0.179. The van der Waals surface area contributed by atoms with Crippen LogP contribution in [0.5, 0.6) is 5.75 Å². The number of hydrogen-bond acceptors (Lipinski definition) is 5. The minimum absolute atomic E-state index is 0.0771. The molecule has 0 saturated carbocycles. The van der Waals surface area contributed by atoms with Crippen molar-refractivity contribution in [3.63, 3.8) is 0 Å². The van der Waals surface area contributed by atoms with E-state index in [0.29, 0.717) is 28.6 Å². The zero-order valence-electron chi connectivity index (χ0n) is 19.3. The number of nitrogens with zero attached hydrogens (tertiary/aromatic N) is 1. The number of benzene rings is 3. The maximum Gasteiger partial charge on any atom is 0.234 e. The highest BCUT2D eigenvalue weighted by atomic mass is 32.2. The van der Waals surface area contributed by atoms with Gasteiger partial charge in [-0.25, -0.2) is 0 Å². The van der Waals surface area contributed by atoms with Gasteiger partial charge in [-0.3, -0.25) is 9.59 Å². The summed E-state index contributed by atoms with van der Waals surface area (Å²) in [5, 5.41) is 15.9. The molecule has 0 aromatic heterocycles. The highest BCUT2D eigenvalue weighted by Gasteiger charge is 2.30. The van der Waals surface area contributed by atoms with Gasteiger partial charge in [-0.15, -0.1) is 0 Å². The molecule has 2 amide bonds. The molecule has 1 aliphatic rings. The largest absolute Gasteiger partial charge is 0.489 e. The third kappa shape index (κ3) is 6.52. The van der Waals surface area contributed by atoms with E-state index in [9.17, 15) is 14.9 Å². The summed E-state index contributed by atoms with van der Waals surface area (Å²) in [6.07, 6.45) is 0.173. The van der Waals surface area contributed by atoms with Crippen LogP contribution in [0.3, 0.4) is 0 Å². The summed E-state index contributed by atoms with van der Waals surface area (Å²) >= 11 is 1.16. The molecule has 2 N–H and O–H groups in total. The van der Waals surface area contributed by atoms with Crippen molar-refractivity contribution >= 4 is 29.3 Å². The van der Waals surface area contributed by atoms with Gasteiger partial charge in [-0.2, -0.15) is 5.26 Å². The zero-order valence-corrected chi connectivity index (χ0v) is 20.1. The van der Waals surface area contributed by atoms with E-state index in [1.165, 1.54) is 0 Å². The molecule has 6 nitrogen and oxygen atoms in total. The Bertz CT molecular complexity index is 1280. The summed E-state index contributed by atoms with van der Waals surface area (Å²) in [4.78, 5) is 24.9. The van der Waals surface area contributed by atoms with Gasteiger partial charge in [0.1, 0.15) is 12.4 Å². The van der Waals surface area contributed by atoms with E-state index in [1.54, 1.807) is 0 Å². The van der Waals surface area contributed by atoms with Crippen LogP contribution in [-0.2, 0) is 16.2 Å². The van der Waals surface area contributed by atoms with E-state index >= 15 is 0 Å². The van der Waals surface area contributed by atoms with Crippen LogP contribution in [0.1, 0.15) is 29.0 Å². The molecule has 0 saturated heterocycles. The summed E-state index contributed by atoms with van der Waals surface area (Å²) in [5.41, 5.74) is 4.14. The molecular weight excluding hydrogens is 458 g/mol. The van der Waals surface area contributed by atoms with E-state index in [-0.39, 0.29) is 29.9 Å². The molecule has 0 bridgehead atoms. The van der Waals surface area contributed by atoms with Gasteiger partial charge >= 0.3 is 0 Å². The smallest absolute Gasteiger partial charge is 0.234 e. The van der Waals surface area contributed by atoms with Gasteiger partial charge in [-0.1, -0.05) is 66.4 Å². The average molecular weight is 484 g/mol. The lowest BCUT2D eigenvalue weighted by atomic mass is 9.87. The van der Waals surface area contributed by atoms with E-state index in [1.807, 2.05) is 85.8 Å². The number of amides is 2. The van der Waals surface area contributed by atoms with Crippen LogP contribution >= 0.6 is 11.8 Å². The van der Waals surface area contributed by atoms with Crippen molar-refractivity contribution in [1.29, 1.82) is 5.26 Å². The van der Waals surface area contributed by atoms with E-state index in [0.717, 1.165) is 28.5 Å². The zero-order chi connectivity index (χ0) is 24.6. The van der Waals surface area contributed by atoms with Crippen LogP contribution in [0, 0.1) is 18.3 Å². The SMILES string of the molecule is Cc1cccc(NC(=O)CSC2=C(C#N)[C@@H](c3ccc(OCc4ccccc4)cc3)CC(=O)N2)c1. The van der Waals surface area contributed by atoms with Crippen molar-refractivity contribution in [3.05, 3.63) is 106 Å². The third-order valence-corrected chi connectivity index (χ3v) is 6.55. The Morgan fingerprint density at radius 1 is 1.11 bits per heavy atom. The van der Waals surface area contributed by atoms with Gasteiger partial charge in [0.15, 0.2) is 0 Å². The van der Waals surface area contributed by atoms with Crippen molar-refractivity contribution in [2.24, 2.45) is 0 Å². The molecule has 4 rings (SSSR count). The van der Waals surface area contributed by atoms with Gasteiger partial charge in [0, 0.05) is 18.0 Å². The maximum absolute atomic E-state index is 12.4. The van der Waals surface area contributed by atoms with Gasteiger partial charge in [0.05, 0.1) is 22.4 Å². The Hall–Kier alpha value is -4.02. The summed E-state index contributed by atoms with van der Waals surface area (Å²) < 4.78 is 5.85. The summed E-state index contributed by atoms with van der Waals surface area (Å²) in [5.74, 6) is 0.0250. The lowest BCUT2D eigenvalue weighted by Crippen LogP contribution is -2.31. The van der Waals surface area contributed by atoms with Crippen molar-refractivity contribution in [2.45, 2.75) is 25.9 Å². The Morgan fingerprint density at radius 3 is 2.60 bits per heavy atom. The number of anilines is 1. The summed E-state index contributed by atoms with van der Waals surface area (Å²) in [7, 11) is 0. The highest BCUT2D eigenvalue weighted by Crippen LogP contribution is 2.36. The second-order valence-corrected chi connectivity index (χ2v) is 9.19. The molecule has 0 unspecified atom stereocenters. The first-order valence-electron chi connectivity index (χ1n) is 11.2.